The van der Waals surface area contributed by atoms with Crippen molar-refractivity contribution in [3.05, 3.63) is 54.5 Å². The Hall–Kier alpha value is -3.56. The number of nitrogens with one attached hydrogen (secondary N) is 3. The lowest BCUT2D eigenvalue weighted by molar-refractivity contribution is 0.233. The Labute approximate surface area is 205 Å². The fourth-order valence-corrected chi connectivity index (χ4v) is 4.61. The largest absolute Gasteiger partial charge is 0.359 e. The second-order valence-corrected chi connectivity index (χ2v) is 9.60. The zero-order chi connectivity index (χ0) is 23.6. The van der Waals surface area contributed by atoms with Crippen LogP contribution in [0.3, 0.4) is 0 Å². The van der Waals surface area contributed by atoms with Crippen molar-refractivity contribution in [3.63, 3.8) is 0 Å². The highest BCUT2D eigenvalue weighted by Crippen LogP contribution is 2.31. The highest BCUT2D eigenvalue weighted by molar-refractivity contribution is 5.83. The molecule has 9 nitrogen and oxygen atoms in total. The number of rotatable bonds is 8. The average Bonchev–Trinajstić information content (AvgIpc) is 3.61. The number of aromatic amines is 1. The summed E-state index contributed by atoms with van der Waals surface area (Å²) in [7, 11) is 2.10. The maximum Gasteiger partial charge on any atom is 0.206 e. The summed E-state index contributed by atoms with van der Waals surface area (Å²) in [6, 6.07) is 12.4. The van der Waals surface area contributed by atoms with Gasteiger partial charge in [-0.05, 0) is 48.6 Å². The van der Waals surface area contributed by atoms with Gasteiger partial charge in [-0.15, -0.1) is 0 Å². The smallest absolute Gasteiger partial charge is 0.206 e. The van der Waals surface area contributed by atoms with Crippen molar-refractivity contribution in [2.24, 2.45) is 5.92 Å². The van der Waals surface area contributed by atoms with E-state index in [9.17, 15) is 0 Å². The first-order valence-corrected chi connectivity index (χ1v) is 12.4. The molecule has 1 saturated heterocycles. The van der Waals surface area contributed by atoms with Crippen LogP contribution in [0.25, 0.3) is 22.3 Å². The molecule has 0 spiro atoms. The minimum absolute atomic E-state index is 0.677. The Morgan fingerprint density at radius 2 is 1.94 bits per heavy atom. The van der Waals surface area contributed by atoms with Crippen LogP contribution in [-0.4, -0.2) is 69.6 Å². The van der Waals surface area contributed by atoms with E-state index in [4.69, 9.17) is 4.98 Å². The lowest BCUT2D eigenvalue weighted by atomic mass is 10.1. The SMILES string of the molecule is CN(CC1CC1)c1cc(-c2ccc3nc(Nc4cc(CN5CCNCC5)ccn4)[nH]c3c2)ncn1. The molecule has 0 bridgehead atoms. The third kappa shape index (κ3) is 5.26. The molecular weight excluding hydrogens is 438 g/mol. The summed E-state index contributed by atoms with van der Waals surface area (Å²) in [5, 5.41) is 6.74. The van der Waals surface area contributed by atoms with Crippen LogP contribution < -0.4 is 15.5 Å². The molecule has 2 fully saturated rings. The van der Waals surface area contributed by atoms with Crippen molar-refractivity contribution in [2.75, 3.05) is 50.0 Å². The van der Waals surface area contributed by atoms with E-state index < -0.39 is 0 Å². The molecule has 3 N–H and O–H groups in total. The number of anilines is 3. The van der Waals surface area contributed by atoms with Crippen molar-refractivity contribution >= 4 is 28.6 Å². The molecule has 180 valence electrons. The molecule has 1 aliphatic carbocycles. The molecule has 0 atom stereocenters. The lowest BCUT2D eigenvalue weighted by Crippen LogP contribution is -2.42. The summed E-state index contributed by atoms with van der Waals surface area (Å²) in [4.78, 5) is 26.3. The summed E-state index contributed by atoms with van der Waals surface area (Å²) in [5.41, 5.74) is 5.04. The van der Waals surface area contributed by atoms with E-state index in [1.54, 1.807) is 6.33 Å². The summed E-state index contributed by atoms with van der Waals surface area (Å²) in [6.45, 7) is 6.22. The maximum atomic E-state index is 4.71. The van der Waals surface area contributed by atoms with Gasteiger partial charge in [0.25, 0.3) is 0 Å². The number of piperazine rings is 1. The molecule has 1 aromatic carbocycles. The molecule has 6 rings (SSSR count). The standard InChI is InChI=1S/C26H31N9/c1-34(15-18-2-3-18)25-14-22(29-17-30-25)20-4-5-21-23(13-20)32-26(31-21)33-24-12-19(6-7-28-24)16-35-10-8-27-9-11-35/h4-7,12-14,17-18,27H,2-3,8-11,15-16H2,1H3,(H2,28,31,32,33). The monoisotopic (exact) mass is 469 g/mol. The molecule has 4 aromatic rings. The first-order valence-electron chi connectivity index (χ1n) is 12.4. The summed E-state index contributed by atoms with van der Waals surface area (Å²) in [5.74, 6) is 3.23. The molecule has 0 unspecified atom stereocenters. The number of H-pyrrole nitrogens is 1. The number of pyridine rings is 1. The van der Waals surface area contributed by atoms with Crippen LogP contribution in [0, 0.1) is 5.92 Å². The number of hydrogen-bond acceptors (Lipinski definition) is 8. The van der Waals surface area contributed by atoms with Crippen LogP contribution in [-0.2, 0) is 6.54 Å². The van der Waals surface area contributed by atoms with Crippen molar-refractivity contribution in [2.45, 2.75) is 19.4 Å². The molecule has 4 heterocycles. The maximum absolute atomic E-state index is 4.71. The fourth-order valence-electron chi connectivity index (χ4n) is 4.61. The molecule has 0 amide bonds. The molecule has 3 aromatic heterocycles. The molecule has 35 heavy (non-hydrogen) atoms. The van der Waals surface area contributed by atoms with Gasteiger partial charge in [0, 0.05) is 64.1 Å². The van der Waals surface area contributed by atoms with Crippen LogP contribution in [0.4, 0.5) is 17.6 Å². The predicted molar refractivity (Wildman–Crippen MR) is 139 cm³/mol. The first-order chi connectivity index (χ1) is 17.2. The molecule has 2 aliphatic rings. The normalized spacial score (nSPS) is 16.5. The number of benzene rings is 1. The minimum atomic E-state index is 0.677. The van der Waals surface area contributed by atoms with Gasteiger partial charge in [0.1, 0.15) is 18.0 Å². The van der Waals surface area contributed by atoms with Crippen molar-refractivity contribution in [1.29, 1.82) is 0 Å². The topological polar surface area (TPSA) is 97.9 Å². The number of fused-ring (bicyclic) bond motifs is 1. The first kappa shape index (κ1) is 21.9. The Balaban J connectivity index is 1.18. The Kier molecular flexibility index (Phi) is 6.01. The van der Waals surface area contributed by atoms with Crippen LogP contribution in [0.15, 0.2) is 48.9 Å². The van der Waals surface area contributed by atoms with Gasteiger partial charge in [0.2, 0.25) is 5.95 Å². The molecule has 1 aliphatic heterocycles. The van der Waals surface area contributed by atoms with Gasteiger partial charge < -0.3 is 20.5 Å². The van der Waals surface area contributed by atoms with Gasteiger partial charge in [0.05, 0.1) is 16.7 Å². The van der Waals surface area contributed by atoms with Crippen LogP contribution >= 0.6 is 0 Å². The van der Waals surface area contributed by atoms with E-state index >= 15 is 0 Å². The van der Waals surface area contributed by atoms with Gasteiger partial charge in [-0.25, -0.2) is 19.9 Å². The Morgan fingerprint density at radius 1 is 1.06 bits per heavy atom. The van der Waals surface area contributed by atoms with Crippen LogP contribution in [0.2, 0.25) is 0 Å². The number of aromatic nitrogens is 5. The van der Waals surface area contributed by atoms with E-state index in [0.29, 0.717) is 5.95 Å². The zero-order valence-corrected chi connectivity index (χ0v) is 20.0. The number of nitrogens with zero attached hydrogens (tertiary/aromatic N) is 6. The highest BCUT2D eigenvalue weighted by Gasteiger charge is 2.23. The minimum Gasteiger partial charge on any atom is -0.359 e. The molecular formula is C26H31N9. The third-order valence-electron chi connectivity index (χ3n) is 6.74. The van der Waals surface area contributed by atoms with E-state index in [0.717, 1.165) is 79.1 Å². The highest BCUT2D eigenvalue weighted by atomic mass is 15.2. The van der Waals surface area contributed by atoms with Crippen molar-refractivity contribution in [3.8, 4) is 11.3 Å². The van der Waals surface area contributed by atoms with Crippen molar-refractivity contribution < 1.29 is 0 Å². The van der Waals surface area contributed by atoms with E-state index in [-0.39, 0.29) is 0 Å². The quantitative estimate of drug-likeness (QED) is 0.361. The molecule has 9 heteroatoms. The third-order valence-corrected chi connectivity index (χ3v) is 6.74. The van der Waals surface area contributed by atoms with E-state index in [2.05, 4.69) is 77.7 Å². The molecule has 0 radical (unpaired) electrons. The number of imidazole rings is 1. The van der Waals surface area contributed by atoms with Crippen LogP contribution in [0.5, 0.6) is 0 Å². The zero-order valence-electron chi connectivity index (χ0n) is 20.0. The van der Waals surface area contributed by atoms with Gasteiger partial charge in [0.15, 0.2) is 0 Å². The second kappa shape index (κ2) is 9.59. The van der Waals surface area contributed by atoms with Gasteiger partial charge in [-0.2, -0.15) is 0 Å². The van der Waals surface area contributed by atoms with Crippen LogP contribution in [0.1, 0.15) is 18.4 Å². The lowest BCUT2D eigenvalue weighted by Gasteiger charge is -2.27. The fraction of sp³-hybridized carbons (Fsp3) is 0.385. The van der Waals surface area contributed by atoms with E-state index in [1.807, 2.05) is 12.3 Å². The van der Waals surface area contributed by atoms with Gasteiger partial charge >= 0.3 is 0 Å². The van der Waals surface area contributed by atoms with Crippen molar-refractivity contribution in [1.82, 2.24) is 35.1 Å². The predicted octanol–water partition coefficient (Wildman–Crippen LogP) is 3.41. The van der Waals surface area contributed by atoms with Gasteiger partial charge in [-0.3, -0.25) is 4.90 Å². The second-order valence-electron chi connectivity index (χ2n) is 9.60. The van der Waals surface area contributed by atoms with E-state index in [1.165, 1.54) is 18.4 Å². The molecule has 1 saturated carbocycles. The Morgan fingerprint density at radius 3 is 2.80 bits per heavy atom. The number of hydrogen-bond donors (Lipinski definition) is 3. The summed E-state index contributed by atoms with van der Waals surface area (Å²) in [6.07, 6.45) is 6.15. The Bertz CT molecular complexity index is 1310. The summed E-state index contributed by atoms with van der Waals surface area (Å²) < 4.78 is 0. The summed E-state index contributed by atoms with van der Waals surface area (Å²) >= 11 is 0. The van der Waals surface area contributed by atoms with Gasteiger partial charge in [-0.1, -0.05) is 6.07 Å². The average molecular weight is 470 g/mol.